The van der Waals surface area contributed by atoms with Gasteiger partial charge in [0.25, 0.3) is 21.9 Å². The van der Waals surface area contributed by atoms with Crippen LogP contribution in [0.3, 0.4) is 0 Å². The van der Waals surface area contributed by atoms with E-state index in [9.17, 15) is 37.2 Å². The summed E-state index contributed by atoms with van der Waals surface area (Å²) in [7, 11) is -6.26. The van der Waals surface area contributed by atoms with Crippen LogP contribution >= 0.6 is 11.8 Å². The largest absolute Gasteiger partial charge is 0.477 e. The Morgan fingerprint density at radius 1 is 1.28 bits per heavy atom. The zero-order valence-electron chi connectivity index (χ0n) is 18.0. The molecule has 192 valence electrons. The summed E-state index contributed by atoms with van der Waals surface area (Å²) in [5.41, 5.74) is -0.0314. The number of rotatable bonds is 9. The molecule has 1 aromatic heterocycles. The van der Waals surface area contributed by atoms with Gasteiger partial charge in [0.15, 0.2) is 12.0 Å². The van der Waals surface area contributed by atoms with Crippen molar-refractivity contribution in [2.24, 2.45) is 0 Å². The Labute approximate surface area is 209 Å². The second-order valence-corrected chi connectivity index (χ2v) is 11.5. The second-order valence-electron chi connectivity index (χ2n) is 7.64. The number of fused-ring (bicyclic) bond motifs is 1. The maximum atomic E-state index is 12.9. The average molecular weight is 559 g/mol. The first kappa shape index (κ1) is 25.9. The van der Waals surface area contributed by atoms with E-state index in [4.69, 9.17) is 4.55 Å². The molecule has 3 heterocycles. The molecular formula is C18H18N6O9S3. The third-order valence-electron chi connectivity index (χ3n) is 5.23. The molecule has 4 atom stereocenters. The first-order valence-electron chi connectivity index (χ1n) is 10.0. The number of aromatic nitrogens is 4. The normalized spacial score (nSPS) is 22.6. The summed E-state index contributed by atoms with van der Waals surface area (Å²) in [6.45, 7) is 0. The number of aliphatic carboxylic acids is 1. The van der Waals surface area contributed by atoms with E-state index in [2.05, 4.69) is 20.8 Å². The van der Waals surface area contributed by atoms with E-state index in [1.165, 1.54) is 12.1 Å². The highest BCUT2D eigenvalue weighted by Gasteiger charge is 2.57. The van der Waals surface area contributed by atoms with Gasteiger partial charge in [-0.3, -0.25) is 23.3 Å². The van der Waals surface area contributed by atoms with Gasteiger partial charge in [-0.25, -0.2) is 9.48 Å². The second kappa shape index (κ2) is 10.1. The fourth-order valence-corrected chi connectivity index (χ4v) is 6.94. The third-order valence-corrected chi connectivity index (χ3v) is 8.50. The van der Waals surface area contributed by atoms with E-state index < -0.39 is 67.8 Å². The lowest BCUT2D eigenvalue weighted by Gasteiger charge is -2.49. The van der Waals surface area contributed by atoms with E-state index >= 15 is 0 Å². The van der Waals surface area contributed by atoms with E-state index in [1.54, 1.807) is 18.2 Å². The van der Waals surface area contributed by atoms with Gasteiger partial charge in [-0.1, -0.05) is 42.1 Å². The molecule has 4 rings (SSSR count). The van der Waals surface area contributed by atoms with Crippen LogP contribution < -0.4 is 5.32 Å². The summed E-state index contributed by atoms with van der Waals surface area (Å²) < 4.78 is 44.9. The maximum absolute atomic E-state index is 12.9. The van der Waals surface area contributed by atoms with Crippen LogP contribution in [0.25, 0.3) is 0 Å². The topological polar surface area (TPSA) is 222 Å². The summed E-state index contributed by atoms with van der Waals surface area (Å²) >= 11 is 0.821. The van der Waals surface area contributed by atoms with Crippen LogP contribution in [0.4, 0.5) is 0 Å². The number of aliphatic hydroxyl groups is 1. The van der Waals surface area contributed by atoms with Crippen molar-refractivity contribution in [2.45, 2.75) is 28.6 Å². The van der Waals surface area contributed by atoms with E-state index in [-0.39, 0.29) is 27.8 Å². The number of carbonyl (C=O) groups excluding carboxylic acids is 2. The Morgan fingerprint density at radius 3 is 2.61 bits per heavy atom. The van der Waals surface area contributed by atoms with Crippen molar-refractivity contribution in [3.8, 4) is 0 Å². The lowest BCUT2D eigenvalue weighted by atomic mass is 10.0. The molecular weight excluding hydrogens is 540 g/mol. The molecule has 0 aliphatic carbocycles. The number of carboxylic acid groups (broad SMARTS) is 1. The number of carbonyl (C=O) groups is 3. The number of hydrogen-bond acceptors (Lipinski definition) is 11. The highest BCUT2D eigenvalue weighted by molar-refractivity contribution is 7.99. The van der Waals surface area contributed by atoms with Gasteiger partial charge >= 0.3 is 5.97 Å². The van der Waals surface area contributed by atoms with Crippen molar-refractivity contribution in [1.82, 2.24) is 30.4 Å². The van der Waals surface area contributed by atoms with Crippen LogP contribution in [0.2, 0.25) is 0 Å². The number of hydrogen-bond donors (Lipinski definition) is 4. The van der Waals surface area contributed by atoms with Crippen LogP contribution in [0.1, 0.15) is 11.7 Å². The number of benzene rings is 1. The van der Waals surface area contributed by atoms with Gasteiger partial charge in [0.2, 0.25) is 5.16 Å². The average Bonchev–Trinajstić information content (AvgIpc) is 3.25. The highest BCUT2D eigenvalue weighted by atomic mass is 32.2. The number of nitrogens with one attached hydrogen (secondary N) is 1. The molecule has 2 aliphatic heterocycles. The molecule has 15 nitrogen and oxygen atoms in total. The molecule has 2 aromatic rings. The van der Waals surface area contributed by atoms with Gasteiger partial charge in [-0.05, 0) is 21.6 Å². The number of carboxylic acids is 1. The van der Waals surface area contributed by atoms with E-state index in [1.807, 2.05) is 0 Å². The number of nitrogens with zero attached hydrogens (tertiary/aromatic N) is 5. The minimum absolute atomic E-state index is 0.0623. The SMILES string of the molecule is O=C(O)C1=C(CSc2nnnn2CS(=O)(=O)O)CS(=O)[C@@H]2[C@H](NC(=O)[C@H](O)c3ccccc3)C(=O)N12. The zero-order chi connectivity index (χ0) is 26.2. The Kier molecular flexibility index (Phi) is 7.23. The van der Waals surface area contributed by atoms with Gasteiger partial charge < -0.3 is 15.5 Å². The van der Waals surface area contributed by atoms with Crippen molar-refractivity contribution in [2.75, 3.05) is 11.5 Å². The number of aliphatic hydroxyl groups excluding tert-OH is 1. The molecule has 0 saturated carbocycles. The monoisotopic (exact) mass is 558 g/mol. The maximum Gasteiger partial charge on any atom is 0.352 e. The molecule has 4 N–H and O–H groups in total. The molecule has 2 amide bonds. The van der Waals surface area contributed by atoms with Crippen LogP contribution in [0.15, 0.2) is 46.8 Å². The first-order chi connectivity index (χ1) is 17.0. The summed E-state index contributed by atoms with van der Waals surface area (Å²) in [5.74, 6) is -4.51. The molecule has 1 aromatic carbocycles. The van der Waals surface area contributed by atoms with Crippen molar-refractivity contribution in [3.05, 3.63) is 47.2 Å². The van der Waals surface area contributed by atoms with Crippen LogP contribution in [-0.2, 0) is 41.2 Å². The van der Waals surface area contributed by atoms with Crippen molar-refractivity contribution in [3.63, 3.8) is 0 Å². The standard InChI is InChI=1S/C18H18N6O9S3/c25-13(9-4-2-1-3-5-9)14(26)19-11-15(27)24-12(17(28)29)10(7-35(30)16(11)24)6-34-18-20-21-22-23(18)8-36(31,32)33/h1-5,11,13,16,25H,6-8H2,(H,19,26)(H,28,29)(H,31,32,33)/t11-,13-,16-,35?/m1/s1. The van der Waals surface area contributed by atoms with Crippen LogP contribution in [-0.4, -0.2) is 93.2 Å². The van der Waals surface area contributed by atoms with Crippen LogP contribution in [0.5, 0.6) is 0 Å². The number of amides is 2. The minimum atomic E-state index is -4.45. The highest BCUT2D eigenvalue weighted by Crippen LogP contribution is 2.36. The van der Waals surface area contributed by atoms with E-state index in [0.29, 0.717) is 0 Å². The Hall–Kier alpha value is -3.19. The van der Waals surface area contributed by atoms with Crippen molar-refractivity contribution in [1.29, 1.82) is 0 Å². The predicted molar refractivity (Wildman–Crippen MR) is 122 cm³/mol. The molecule has 1 saturated heterocycles. The fraction of sp³-hybridized carbons (Fsp3) is 0.333. The molecule has 1 unspecified atom stereocenters. The predicted octanol–water partition coefficient (Wildman–Crippen LogP) is -1.90. The van der Waals surface area contributed by atoms with Crippen molar-refractivity contribution >= 4 is 50.5 Å². The van der Waals surface area contributed by atoms with Crippen molar-refractivity contribution < 1.29 is 41.8 Å². The molecule has 36 heavy (non-hydrogen) atoms. The molecule has 1 fully saturated rings. The van der Waals surface area contributed by atoms with Gasteiger partial charge in [-0.2, -0.15) is 8.42 Å². The first-order valence-corrected chi connectivity index (χ1v) is 14.0. The summed E-state index contributed by atoms with van der Waals surface area (Å²) in [6, 6.07) is 6.66. The van der Waals surface area contributed by atoms with Gasteiger partial charge in [0.1, 0.15) is 17.1 Å². The summed E-state index contributed by atoms with van der Waals surface area (Å²) in [5, 5.41) is 31.5. The Morgan fingerprint density at radius 2 is 1.97 bits per heavy atom. The van der Waals surface area contributed by atoms with Crippen LogP contribution in [0, 0.1) is 0 Å². The molecule has 0 spiro atoms. The summed E-state index contributed by atoms with van der Waals surface area (Å²) in [6.07, 6.45) is -1.58. The lowest BCUT2D eigenvalue weighted by Crippen LogP contribution is -2.73. The fourth-order valence-electron chi connectivity index (χ4n) is 3.67. The van der Waals surface area contributed by atoms with Gasteiger partial charge in [0, 0.05) is 5.75 Å². The summed E-state index contributed by atoms with van der Waals surface area (Å²) in [4.78, 5) is 38.1. The lowest BCUT2D eigenvalue weighted by molar-refractivity contribution is -0.152. The Balaban J connectivity index is 1.51. The molecule has 18 heteroatoms. The minimum Gasteiger partial charge on any atom is -0.477 e. The third kappa shape index (κ3) is 5.16. The van der Waals surface area contributed by atoms with Gasteiger partial charge in [-0.15, -0.1) is 5.10 Å². The smallest absolute Gasteiger partial charge is 0.352 e. The number of tetrazole rings is 1. The number of thioether (sulfide) groups is 1. The number of β-lactam (4-membered cyclic amide) rings is 1. The molecule has 0 radical (unpaired) electrons. The van der Waals surface area contributed by atoms with Gasteiger partial charge in [0.05, 0.1) is 16.6 Å². The Bertz CT molecular complexity index is 1380. The van der Waals surface area contributed by atoms with E-state index in [0.717, 1.165) is 21.3 Å². The quantitative estimate of drug-likeness (QED) is 0.150. The molecule has 2 aliphatic rings. The zero-order valence-corrected chi connectivity index (χ0v) is 20.4. The molecule has 0 bridgehead atoms.